The molecule has 0 aliphatic heterocycles. The molecule has 0 aliphatic rings. The van der Waals surface area contributed by atoms with Gasteiger partial charge in [0.15, 0.2) is 0 Å². The summed E-state index contributed by atoms with van der Waals surface area (Å²) in [6.07, 6.45) is 2.25. The molecule has 14 heavy (non-hydrogen) atoms. The fourth-order valence-corrected chi connectivity index (χ4v) is 1.49. The van der Waals surface area contributed by atoms with E-state index >= 15 is 0 Å². The molecule has 0 fully saturated rings. The van der Waals surface area contributed by atoms with Gasteiger partial charge in [0, 0.05) is 11.7 Å². The number of anilines is 1. The fourth-order valence-electron chi connectivity index (χ4n) is 1.49. The van der Waals surface area contributed by atoms with Crippen molar-refractivity contribution in [1.29, 1.82) is 0 Å². The summed E-state index contributed by atoms with van der Waals surface area (Å²) >= 11 is 0. The Bertz CT molecular complexity index is 269. The summed E-state index contributed by atoms with van der Waals surface area (Å²) in [7, 11) is 0. The highest BCUT2D eigenvalue weighted by atomic mass is 16.3. The molecule has 1 rings (SSSR count). The van der Waals surface area contributed by atoms with E-state index in [4.69, 9.17) is 5.11 Å². The summed E-state index contributed by atoms with van der Waals surface area (Å²) in [6, 6.07) is 8.47. The van der Waals surface area contributed by atoms with Gasteiger partial charge in [-0.25, -0.2) is 0 Å². The van der Waals surface area contributed by atoms with Crippen LogP contribution in [0.2, 0.25) is 0 Å². The highest BCUT2D eigenvalue weighted by Gasteiger charge is 2.02. The van der Waals surface area contributed by atoms with Gasteiger partial charge in [0.25, 0.3) is 0 Å². The third-order valence-electron chi connectivity index (χ3n) is 2.47. The number of hydrogen-bond acceptors (Lipinski definition) is 2. The van der Waals surface area contributed by atoms with Crippen LogP contribution in [0.4, 0.5) is 5.69 Å². The highest BCUT2D eigenvalue weighted by molar-refractivity contribution is 5.46. The van der Waals surface area contributed by atoms with E-state index in [1.807, 2.05) is 24.3 Å². The molecule has 1 aromatic carbocycles. The van der Waals surface area contributed by atoms with E-state index < -0.39 is 0 Å². The third kappa shape index (κ3) is 3.04. The second-order valence-electron chi connectivity index (χ2n) is 3.52. The Kier molecular flexibility index (Phi) is 4.47. The molecule has 2 N–H and O–H groups in total. The van der Waals surface area contributed by atoms with Crippen molar-refractivity contribution in [2.24, 2.45) is 0 Å². The first-order valence-corrected chi connectivity index (χ1v) is 5.26. The Balaban J connectivity index is 2.65. The van der Waals surface area contributed by atoms with Crippen LogP contribution in [0.3, 0.4) is 0 Å². The van der Waals surface area contributed by atoms with Crippen molar-refractivity contribution in [3.8, 4) is 0 Å². The van der Waals surface area contributed by atoms with Gasteiger partial charge in [0.05, 0.1) is 6.61 Å². The first-order valence-electron chi connectivity index (χ1n) is 5.26. The monoisotopic (exact) mass is 193 g/mol. The Morgan fingerprint density at radius 3 is 2.57 bits per heavy atom. The smallest absolute Gasteiger partial charge is 0.0682 e. The summed E-state index contributed by atoms with van der Waals surface area (Å²) < 4.78 is 0. The molecule has 1 aromatic rings. The number of aliphatic hydroxyl groups excluding tert-OH is 1. The molecule has 0 radical (unpaired) electrons. The van der Waals surface area contributed by atoms with Gasteiger partial charge < -0.3 is 10.4 Å². The number of rotatable bonds is 5. The van der Waals surface area contributed by atoms with Crippen molar-refractivity contribution in [2.45, 2.75) is 39.3 Å². The lowest BCUT2D eigenvalue weighted by Crippen LogP contribution is -2.16. The highest BCUT2D eigenvalue weighted by Crippen LogP contribution is 2.13. The van der Waals surface area contributed by atoms with Crippen LogP contribution in [0.25, 0.3) is 0 Å². The second-order valence-corrected chi connectivity index (χ2v) is 3.52. The van der Waals surface area contributed by atoms with Crippen LogP contribution in [0.5, 0.6) is 0 Å². The molecule has 0 atom stereocenters. The molecule has 0 aromatic heterocycles. The first-order chi connectivity index (χ1) is 6.80. The Morgan fingerprint density at radius 2 is 2.00 bits per heavy atom. The van der Waals surface area contributed by atoms with Gasteiger partial charge in [-0.3, -0.25) is 0 Å². The Hall–Kier alpha value is -1.02. The van der Waals surface area contributed by atoms with E-state index in [9.17, 15) is 0 Å². The van der Waals surface area contributed by atoms with Crippen LogP contribution in [0, 0.1) is 0 Å². The van der Waals surface area contributed by atoms with Gasteiger partial charge in [-0.15, -0.1) is 0 Å². The summed E-state index contributed by atoms with van der Waals surface area (Å²) in [5.41, 5.74) is 2.06. The Morgan fingerprint density at radius 1 is 1.29 bits per heavy atom. The van der Waals surface area contributed by atoms with E-state index in [-0.39, 0.29) is 6.61 Å². The first kappa shape index (κ1) is 11.1. The second kappa shape index (κ2) is 5.66. The Labute approximate surface area is 86.0 Å². The topological polar surface area (TPSA) is 32.3 Å². The minimum atomic E-state index is 0.110. The van der Waals surface area contributed by atoms with Gasteiger partial charge in [-0.2, -0.15) is 0 Å². The maximum Gasteiger partial charge on any atom is 0.0682 e. The number of aliphatic hydroxyl groups is 1. The molecule has 0 bridgehead atoms. The van der Waals surface area contributed by atoms with Gasteiger partial charge >= 0.3 is 0 Å². The van der Waals surface area contributed by atoms with Gasteiger partial charge in [0.1, 0.15) is 0 Å². The lowest BCUT2D eigenvalue weighted by atomic mass is 10.1. The normalized spacial score (nSPS) is 10.6. The quantitative estimate of drug-likeness (QED) is 0.753. The molecular formula is C12H19NO. The maximum atomic E-state index is 8.98. The van der Waals surface area contributed by atoms with Crippen molar-refractivity contribution in [3.05, 3.63) is 29.8 Å². The fraction of sp³-hybridized carbons (Fsp3) is 0.500. The van der Waals surface area contributed by atoms with Crippen LogP contribution in [-0.2, 0) is 6.61 Å². The van der Waals surface area contributed by atoms with Crippen molar-refractivity contribution >= 4 is 5.69 Å². The largest absolute Gasteiger partial charge is 0.392 e. The summed E-state index contributed by atoms with van der Waals surface area (Å²) in [4.78, 5) is 0. The van der Waals surface area contributed by atoms with E-state index in [0.717, 1.165) is 24.1 Å². The predicted molar refractivity (Wildman–Crippen MR) is 60.4 cm³/mol. The average Bonchev–Trinajstić information content (AvgIpc) is 2.26. The molecule has 0 unspecified atom stereocenters. The summed E-state index contributed by atoms with van der Waals surface area (Å²) in [5.74, 6) is 0. The standard InChI is InChI=1S/C12H19NO/c1-3-11(4-2)13-12-7-5-6-10(8-12)9-14/h5-8,11,13-14H,3-4,9H2,1-2H3. The van der Waals surface area contributed by atoms with Gasteiger partial charge in [-0.05, 0) is 30.5 Å². The number of benzene rings is 1. The molecule has 0 heterocycles. The van der Waals surface area contributed by atoms with Crippen molar-refractivity contribution in [1.82, 2.24) is 0 Å². The SMILES string of the molecule is CCC(CC)Nc1cccc(CO)c1. The molecule has 0 saturated carbocycles. The minimum absolute atomic E-state index is 0.110. The van der Waals surface area contributed by atoms with E-state index in [1.165, 1.54) is 0 Å². The van der Waals surface area contributed by atoms with Crippen molar-refractivity contribution in [3.63, 3.8) is 0 Å². The summed E-state index contributed by atoms with van der Waals surface area (Å²) in [6.45, 7) is 4.46. The van der Waals surface area contributed by atoms with E-state index in [2.05, 4.69) is 19.2 Å². The third-order valence-corrected chi connectivity index (χ3v) is 2.47. The summed E-state index contributed by atoms with van der Waals surface area (Å²) in [5, 5.41) is 12.4. The van der Waals surface area contributed by atoms with Crippen LogP contribution < -0.4 is 5.32 Å². The molecule has 0 saturated heterocycles. The number of nitrogens with one attached hydrogen (secondary N) is 1. The molecule has 2 nitrogen and oxygen atoms in total. The van der Waals surface area contributed by atoms with Crippen LogP contribution in [-0.4, -0.2) is 11.1 Å². The minimum Gasteiger partial charge on any atom is -0.392 e. The molecule has 0 aliphatic carbocycles. The lowest BCUT2D eigenvalue weighted by molar-refractivity contribution is 0.282. The van der Waals surface area contributed by atoms with Gasteiger partial charge in [-0.1, -0.05) is 26.0 Å². The van der Waals surface area contributed by atoms with E-state index in [1.54, 1.807) is 0 Å². The van der Waals surface area contributed by atoms with Crippen molar-refractivity contribution < 1.29 is 5.11 Å². The molecular weight excluding hydrogens is 174 g/mol. The zero-order valence-electron chi connectivity index (χ0n) is 8.96. The lowest BCUT2D eigenvalue weighted by Gasteiger charge is -2.16. The predicted octanol–water partition coefficient (Wildman–Crippen LogP) is 2.78. The molecule has 0 spiro atoms. The van der Waals surface area contributed by atoms with Crippen molar-refractivity contribution in [2.75, 3.05) is 5.32 Å². The van der Waals surface area contributed by atoms with Crippen LogP contribution in [0.15, 0.2) is 24.3 Å². The molecule has 78 valence electrons. The zero-order valence-corrected chi connectivity index (χ0v) is 8.96. The maximum absolute atomic E-state index is 8.98. The van der Waals surface area contributed by atoms with Gasteiger partial charge in [0.2, 0.25) is 0 Å². The van der Waals surface area contributed by atoms with E-state index in [0.29, 0.717) is 6.04 Å². The average molecular weight is 193 g/mol. The molecule has 0 amide bonds. The zero-order chi connectivity index (χ0) is 10.4. The van der Waals surface area contributed by atoms with Crippen LogP contribution >= 0.6 is 0 Å². The van der Waals surface area contributed by atoms with Crippen LogP contribution in [0.1, 0.15) is 32.3 Å². The molecule has 2 heteroatoms. The number of hydrogen-bond donors (Lipinski definition) is 2.